The highest BCUT2D eigenvalue weighted by molar-refractivity contribution is 5.84. The zero-order valence-electron chi connectivity index (χ0n) is 19.4. The molecule has 0 fully saturated rings. The minimum atomic E-state index is -4.35. The molecule has 1 aromatic heterocycles. The Morgan fingerprint density at radius 3 is 2.14 bits per heavy atom. The zero-order chi connectivity index (χ0) is 24.8. The minimum Gasteiger partial charge on any atom is -0.261 e. The van der Waals surface area contributed by atoms with Crippen LogP contribution in [0.4, 0.5) is 17.6 Å². The van der Waals surface area contributed by atoms with E-state index in [1.807, 2.05) is 36.5 Å². The maximum absolute atomic E-state index is 15.1. The van der Waals surface area contributed by atoms with E-state index < -0.39 is 11.7 Å². The van der Waals surface area contributed by atoms with Gasteiger partial charge in [-0.1, -0.05) is 54.6 Å². The third kappa shape index (κ3) is 6.36. The predicted molar refractivity (Wildman–Crippen MR) is 133 cm³/mol. The molecular formula is C30H27F4N. The van der Waals surface area contributed by atoms with Crippen LogP contribution in [0.2, 0.25) is 0 Å². The number of aromatic nitrogens is 1. The summed E-state index contributed by atoms with van der Waals surface area (Å²) in [7, 11) is 0. The van der Waals surface area contributed by atoms with E-state index in [9.17, 15) is 13.2 Å². The number of fused-ring (bicyclic) bond motifs is 1. The fourth-order valence-corrected chi connectivity index (χ4v) is 4.17. The van der Waals surface area contributed by atoms with Gasteiger partial charge >= 0.3 is 6.18 Å². The van der Waals surface area contributed by atoms with Crippen molar-refractivity contribution in [2.24, 2.45) is 0 Å². The number of pyridine rings is 1. The molecule has 0 N–H and O–H groups in total. The molecule has 0 saturated carbocycles. The van der Waals surface area contributed by atoms with Crippen LogP contribution in [0.1, 0.15) is 39.9 Å². The molecule has 0 aliphatic carbocycles. The maximum Gasteiger partial charge on any atom is 0.416 e. The first kappa shape index (κ1) is 24.6. The van der Waals surface area contributed by atoms with Gasteiger partial charge in [-0.3, -0.25) is 4.98 Å². The van der Waals surface area contributed by atoms with Crippen molar-refractivity contribution in [1.29, 1.82) is 0 Å². The van der Waals surface area contributed by atoms with Crippen LogP contribution < -0.4 is 0 Å². The average Bonchev–Trinajstić information content (AvgIpc) is 2.86. The van der Waals surface area contributed by atoms with Gasteiger partial charge in [-0.2, -0.15) is 13.2 Å². The molecule has 0 bridgehead atoms. The molecular weight excluding hydrogens is 450 g/mol. The fourth-order valence-electron chi connectivity index (χ4n) is 4.17. The van der Waals surface area contributed by atoms with Gasteiger partial charge in [0, 0.05) is 17.3 Å². The topological polar surface area (TPSA) is 12.9 Å². The molecule has 180 valence electrons. The molecule has 0 aliphatic rings. The lowest BCUT2D eigenvalue weighted by Gasteiger charge is -2.10. The van der Waals surface area contributed by atoms with Crippen molar-refractivity contribution in [3.8, 4) is 0 Å². The number of hydrogen-bond donors (Lipinski definition) is 0. The molecule has 0 spiro atoms. The van der Waals surface area contributed by atoms with Crippen LogP contribution in [-0.2, 0) is 38.3 Å². The first-order chi connectivity index (χ1) is 16.8. The SMILES string of the molecule is C=CCCc1ccc(CCc2ccc3c(F)c(CCc4ccc(C(F)(F)F)cc4)ccc3c2)nc1. The largest absolute Gasteiger partial charge is 0.416 e. The number of nitrogens with zero attached hydrogens (tertiary/aromatic N) is 1. The van der Waals surface area contributed by atoms with E-state index in [1.165, 1.54) is 17.7 Å². The highest BCUT2D eigenvalue weighted by Crippen LogP contribution is 2.29. The fraction of sp³-hybridized carbons (Fsp3) is 0.233. The second kappa shape index (κ2) is 10.9. The molecule has 1 heterocycles. The summed E-state index contributed by atoms with van der Waals surface area (Å²) in [5, 5.41) is 1.40. The number of alkyl halides is 3. The lowest BCUT2D eigenvalue weighted by Crippen LogP contribution is -2.04. The normalized spacial score (nSPS) is 11.7. The zero-order valence-corrected chi connectivity index (χ0v) is 19.4. The molecule has 0 radical (unpaired) electrons. The quantitative estimate of drug-likeness (QED) is 0.175. The molecule has 3 aromatic carbocycles. The smallest absolute Gasteiger partial charge is 0.261 e. The van der Waals surface area contributed by atoms with Crippen molar-refractivity contribution < 1.29 is 17.6 Å². The van der Waals surface area contributed by atoms with Gasteiger partial charge in [-0.25, -0.2) is 4.39 Å². The summed E-state index contributed by atoms with van der Waals surface area (Å²) in [6, 6.07) is 18.7. The van der Waals surface area contributed by atoms with Gasteiger partial charge in [0.2, 0.25) is 0 Å². The van der Waals surface area contributed by atoms with E-state index in [0.29, 0.717) is 23.8 Å². The van der Waals surface area contributed by atoms with Crippen molar-refractivity contribution in [1.82, 2.24) is 4.98 Å². The van der Waals surface area contributed by atoms with E-state index in [4.69, 9.17) is 0 Å². The molecule has 35 heavy (non-hydrogen) atoms. The molecule has 0 atom stereocenters. The minimum absolute atomic E-state index is 0.266. The van der Waals surface area contributed by atoms with Gasteiger partial charge in [0.1, 0.15) is 5.82 Å². The Labute approximate surface area is 203 Å². The first-order valence-corrected chi connectivity index (χ1v) is 11.7. The summed E-state index contributed by atoms with van der Waals surface area (Å²) in [5.74, 6) is -0.266. The van der Waals surface area contributed by atoms with Gasteiger partial charge in [-0.05, 0) is 84.4 Å². The Morgan fingerprint density at radius 1 is 0.743 bits per heavy atom. The van der Waals surface area contributed by atoms with Gasteiger partial charge in [-0.15, -0.1) is 6.58 Å². The summed E-state index contributed by atoms with van der Waals surface area (Å²) < 4.78 is 53.3. The van der Waals surface area contributed by atoms with Gasteiger partial charge in [0.25, 0.3) is 0 Å². The van der Waals surface area contributed by atoms with Crippen molar-refractivity contribution in [2.75, 3.05) is 0 Å². The monoisotopic (exact) mass is 477 g/mol. The highest BCUT2D eigenvalue weighted by Gasteiger charge is 2.29. The molecule has 5 heteroatoms. The van der Waals surface area contributed by atoms with Crippen LogP contribution in [-0.4, -0.2) is 4.98 Å². The van der Waals surface area contributed by atoms with E-state index in [2.05, 4.69) is 23.7 Å². The molecule has 4 aromatic rings. The van der Waals surface area contributed by atoms with Crippen molar-refractivity contribution in [3.05, 3.63) is 125 Å². The summed E-state index contributed by atoms with van der Waals surface area (Å²) >= 11 is 0. The lowest BCUT2D eigenvalue weighted by atomic mass is 9.97. The summed E-state index contributed by atoms with van der Waals surface area (Å²) in [5.41, 5.74) is 3.97. The second-order valence-electron chi connectivity index (χ2n) is 8.77. The average molecular weight is 478 g/mol. The Morgan fingerprint density at radius 2 is 1.46 bits per heavy atom. The standard InChI is InChI=1S/C30H27F4N/c1-2-3-4-23-9-17-27(35-20-23)16-8-22-10-18-28-25(19-22)13-12-24(29(28)31)11-5-21-6-14-26(15-7-21)30(32,33)34/h2,6-7,9-10,12-15,17-20H,1,3-5,8,11,16H2. The number of hydrogen-bond acceptors (Lipinski definition) is 1. The number of allylic oxidation sites excluding steroid dienone is 1. The first-order valence-electron chi connectivity index (χ1n) is 11.7. The van der Waals surface area contributed by atoms with Crippen molar-refractivity contribution in [2.45, 2.75) is 44.7 Å². The number of halogens is 4. The predicted octanol–water partition coefficient (Wildman–Crippen LogP) is 8.08. The molecule has 1 nitrogen and oxygen atoms in total. The Hall–Kier alpha value is -3.47. The van der Waals surface area contributed by atoms with Crippen LogP contribution >= 0.6 is 0 Å². The van der Waals surface area contributed by atoms with Gasteiger partial charge in [0.05, 0.1) is 5.56 Å². The Balaban J connectivity index is 1.39. The molecule has 0 saturated heterocycles. The molecule has 0 unspecified atom stereocenters. The lowest BCUT2D eigenvalue weighted by molar-refractivity contribution is -0.137. The van der Waals surface area contributed by atoms with Crippen molar-refractivity contribution >= 4 is 10.8 Å². The van der Waals surface area contributed by atoms with E-state index in [0.717, 1.165) is 60.0 Å². The van der Waals surface area contributed by atoms with Crippen LogP contribution in [0.5, 0.6) is 0 Å². The molecule has 0 amide bonds. The van der Waals surface area contributed by atoms with E-state index in [1.54, 1.807) is 6.07 Å². The summed E-state index contributed by atoms with van der Waals surface area (Å²) in [6.07, 6.45) is 3.85. The van der Waals surface area contributed by atoms with Gasteiger partial charge < -0.3 is 0 Å². The maximum atomic E-state index is 15.1. The van der Waals surface area contributed by atoms with Crippen LogP contribution in [0.15, 0.2) is 85.6 Å². The van der Waals surface area contributed by atoms with Crippen LogP contribution in [0.25, 0.3) is 10.8 Å². The third-order valence-electron chi connectivity index (χ3n) is 6.26. The molecule has 0 aliphatic heterocycles. The summed E-state index contributed by atoms with van der Waals surface area (Å²) in [4.78, 5) is 4.55. The Bertz CT molecular complexity index is 1290. The highest BCUT2D eigenvalue weighted by atomic mass is 19.4. The number of aryl methyl sites for hydroxylation is 5. The number of rotatable bonds is 9. The third-order valence-corrected chi connectivity index (χ3v) is 6.26. The van der Waals surface area contributed by atoms with E-state index >= 15 is 4.39 Å². The summed E-state index contributed by atoms with van der Waals surface area (Å²) in [6.45, 7) is 3.74. The van der Waals surface area contributed by atoms with Crippen molar-refractivity contribution in [3.63, 3.8) is 0 Å². The van der Waals surface area contributed by atoms with E-state index in [-0.39, 0.29) is 5.82 Å². The number of benzene rings is 3. The molecule has 4 rings (SSSR count). The van der Waals surface area contributed by atoms with Crippen LogP contribution in [0, 0.1) is 5.82 Å². The van der Waals surface area contributed by atoms with Crippen LogP contribution in [0.3, 0.4) is 0 Å². The van der Waals surface area contributed by atoms with Gasteiger partial charge in [0.15, 0.2) is 0 Å². The Kier molecular flexibility index (Phi) is 7.64. The second-order valence-corrected chi connectivity index (χ2v) is 8.77.